The van der Waals surface area contributed by atoms with Gasteiger partial charge in [-0.15, -0.1) is 0 Å². The Labute approximate surface area is 86.1 Å². The van der Waals surface area contributed by atoms with Gasteiger partial charge in [-0.2, -0.15) is 5.26 Å². The fraction of sp³-hybridized carbons (Fsp3) is 0.909. The van der Waals surface area contributed by atoms with Gasteiger partial charge >= 0.3 is 0 Å². The molecule has 3 heteroatoms. The molecule has 0 spiro atoms. The number of rotatable bonds is 2. The second-order valence-corrected chi connectivity index (χ2v) is 4.63. The van der Waals surface area contributed by atoms with Crippen LogP contribution in [0.15, 0.2) is 0 Å². The summed E-state index contributed by atoms with van der Waals surface area (Å²) in [7, 11) is 0. The van der Waals surface area contributed by atoms with Gasteiger partial charge in [0.15, 0.2) is 0 Å². The molecule has 0 aromatic heterocycles. The maximum Gasteiger partial charge on any atom is 0.0638 e. The molecule has 78 valence electrons. The summed E-state index contributed by atoms with van der Waals surface area (Å²) in [6.45, 7) is 4.47. The molecule has 2 fully saturated rings. The Morgan fingerprint density at radius 3 is 3.00 bits per heavy atom. The van der Waals surface area contributed by atoms with Crippen LogP contribution >= 0.6 is 0 Å². The van der Waals surface area contributed by atoms with Crippen LogP contribution in [0.3, 0.4) is 0 Å². The Bertz CT molecular complexity index is 233. The van der Waals surface area contributed by atoms with E-state index >= 15 is 0 Å². The van der Waals surface area contributed by atoms with E-state index < -0.39 is 0 Å². The van der Waals surface area contributed by atoms with E-state index in [1.165, 1.54) is 19.3 Å². The van der Waals surface area contributed by atoms with Gasteiger partial charge < -0.3 is 5.32 Å². The lowest BCUT2D eigenvalue weighted by Crippen LogP contribution is -2.40. The van der Waals surface area contributed by atoms with Crippen molar-refractivity contribution in [3.8, 4) is 6.07 Å². The van der Waals surface area contributed by atoms with Crippen LogP contribution in [-0.2, 0) is 0 Å². The average molecular weight is 193 g/mol. The molecule has 0 saturated carbocycles. The highest BCUT2D eigenvalue weighted by Gasteiger charge is 2.30. The van der Waals surface area contributed by atoms with Crippen LogP contribution in [0, 0.1) is 11.3 Å². The minimum absolute atomic E-state index is 0.432. The van der Waals surface area contributed by atoms with Crippen molar-refractivity contribution in [3.05, 3.63) is 0 Å². The van der Waals surface area contributed by atoms with Gasteiger partial charge in [0.25, 0.3) is 0 Å². The molecule has 2 aliphatic rings. The zero-order chi connectivity index (χ0) is 9.97. The van der Waals surface area contributed by atoms with Crippen molar-refractivity contribution in [3.63, 3.8) is 0 Å². The van der Waals surface area contributed by atoms with Gasteiger partial charge in [0.1, 0.15) is 0 Å². The quantitative estimate of drug-likeness (QED) is 0.714. The lowest BCUT2D eigenvalue weighted by molar-refractivity contribution is 0.200. The van der Waals surface area contributed by atoms with Crippen LogP contribution in [0.25, 0.3) is 0 Å². The number of nitrogens with one attached hydrogen (secondary N) is 1. The first kappa shape index (κ1) is 9.95. The molecule has 3 nitrogen and oxygen atoms in total. The Morgan fingerprint density at radius 1 is 1.43 bits per heavy atom. The Balaban J connectivity index is 1.91. The molecule has 2 heterocycles. The van der Waals surface area contributed by atoms with E-state index in [1.54, 1.807) is 0 Å². The summed E-state index contributed by atoms with van der Waals surface area (Å²) in [5, 5.41) is 12.3. The third kappa shape index (κ3) is 2.08. The fourth-order valence-electron chi connectivity index (χ4n) is 2.63. The molecule has 0 aliphatic carbocycles. The Morgan fingerprint density at radius 2 is 2.21 bits per heavy atom. The molecule has 2 aliphatic heterocycles. The molecule has 14 heavy (non-hydrogen) atoms. The molecular formula is C11H19N3. The lowest BCUT2D eigenvalue weighted by atomic mass is 10.1. The molecule has 3 atom stereocenters. The van der Waals surface area contributed by atoms with Crippen LogP contribution in [-0.4, -0.2) is 36.1 Å². The summed E-state index contributed by atoms with van der Waals surface area (Å²) < 4.78 is 0. The third-order valence-corrected chi connectivity index (χ3v) is 3.56. The van der Waals surface area contributed by atoms with E-state index in [1.807, 2.05) is 0 Å². The fourth-order valence-corrected chi connectivity index (χ4v) is 2.63. The van der Waals surface area contributed by atoms with Crippen molar-refractivity contribution in [1.29, 1.82) is 5.26 Å². The topological polar surface area (TPSA) is 39.1 Å². The van der Waals surface area contributed by atoms with Crippen LogP contribution in [0.4, 0.5) is 0 Å². The van der Waals surface area contributed by atoms with Crippen molar-refractivity contribution in [2.75, 3.05) is 13.1 Å². The molecule has 0 aromatic carbocycles. The van der Waals surface area contributed by atoms with Gasteiger partial charge in [0, 0.05) is 24.7 Å². The number of fused-ring (bicyclic) bond motifs is 2. The smallest absolute Gasteiger partial charge is 0.0638 e. The first-order valence-corrected chi connectivity index (χ1v) is 5.66. The van der Waals surface area contributed by atoms with Crippen LogP contribution < -0.4 is 5.32 Å². The minimum Gasteiger partial charge on any atom is -0.310 e. The number of hydrogen-bond acceptors (Lipinski definition) is 3. The summed E-state index contributed by atoms with van der Waals surface area (Å²) >= 11 is 0. The van der Waals surface area contributed by atoms with Crippen molar-refractivity contribution in [2.24, 2.45) is 0 Å². The number of nitriles is 1. The molecule has 0 aromatic rings. The van der Waals surface area contributed by atoms with Gasteiger partial charge in [-0.25, -0.2) is 0 Å². The first-order valence-electron chi connectivity index (χ1n) is 5.66. The molecule has 0 radical (unpaired) electrons. The highest BCUT2D eigenvalue weighted by Crippen LogP contribution is 2.21. The predicted octanol–water partition coefficient (Wildman–Crippen LogP) is 1.11. The van der Waals surface area contributed by atoms with Crippen molar-refractivity contribution in [2.45, 2.75) is 50.7 Å². The van der Waals surface area contributed by atoms with E-state index in [0.29, 0.717) is 18.5 Å². The van der Waals surface area contributed by atoms with Gasteiger partial charge in [0.05, 0.1) is 12.5 Å². The maximum atomic E-state index is 8.68. The molecule has 1 N–H and O–H groups in total. The van der Waals surface area contributed by atoms with Crippen LogP contribution in [0.2, 0.25) is 0 Å². The summed E-state index contributed by atoms with van der Waals surface area (Å²) in [4.78, 5) is 2.47. The largest absolute Gasteiger partial charge is 0.310 e. The van der Waals surface area contributed by atoms with E-state index in [0.717, 1.165) is 19.1 Å². The molecule has 0 amide bonds. The SMILES string of the molecule is CC(CC#N)N1CCC2CCC(C1)N2. The average Bonchev–Trinajstić information content (AvgIpc) is 2.46. The van der Waals surface area contributed by atoms with Gasteiger partial charge in [-0.1, -0.05) is 0 Å². The molecule has 2 bridgehead atoms. The molecule has 3 unspecified atom stereocenters. The van der Waals surface area contributed by atoms with E-state index in [9.17, 15) is 0 Å². The summed E-state index contributed by atoms with van der Waals surface area (Å²) in [5.41, 5.74) is 0. The van der Waals surface area contributed by atoms with Crippen molar-refractivity contribution in [1.82, 2.24) is 10.2 Å². The summed E-state index contributed by atoms with van der Waals surface area (Å²) in [6, 6.07) is 4.13. The third-order valence-electron chi connectivity index (χ3n) is 3.56. The first-order chi connectivity index (χ1) is 6.79. The summed E-state index contributed by atoms with van der Waals surface area (Å²) in [6.07, 6.45) is 4.59. The van der Waals surface area contributed by atoms with Crippen molar-refractivity contribution < 1.29 is 0 Å². The monoisotopic (exact) mass is 193 g/mol. The Kier molecular flexibility index (Phi) is 3.05. The van der Waals surface area contributed by atoms with Crippen LogP contribution in [0.5, 0.6) is 0 Å². The lowest BCUT2D eigenvalue weighted by Gasteiger charge is -2.28. The Hall–Kier alpha value is -0.590. The maximum absolute atomic E-state index is 8.68. The van der Waals surface area contributed by atoms with E-state index in [4.69, 9.17) is 5.26 Å². The number of likely N-dealkylation sites (tertiary alicyclic amines) is 1. The normalized spacial score (nSPS) is 34.9. The van der Waals surface area contributed by atoms with Gasteiger partial charge in [0.2, 0.25) is 0 Å². The van der Waals surface area contributed by atoms with Crippen LogP contribution in [0.1, 0.15) is 32.6 Å². The molecular weight excluding hydrogens is 174 g/mol. The van der Waals surface area contributed by atoms with E-state index in [2.05, 4.69) is 23.2 Å². The minimum atomic E-state index is 0.432. The highest BCUT2D eigenvalue weighted by molar-refractivity contribution is 4.92. The molecule has 2 rings (SSSR count). The predicted molar refractivity (Wildman–Crippen MR) is 55.8 cm³/mol. The second kappa shape index (κ2) is 4.29. The second-order valence-electron chi connectivity index (χ2n) is 4.63. The highest BCUT2D eigenvalue weighted by atomic mass is 15.2. The van der Waals surface area contributed by atoms with Gasteiger partial charge in [-0.3, -0.25) is 4.90 Å². The van der Waals surface area contributed by atoms with Crippen molar-refractivity contribution >= 4 is 0 Å². The number of hydrogen-bond donors (Lipinski definition) is 1. The number of nitrogens with zero attached hydrogens (tertiary/aromatic N) is 2. The van der Waals surface area contributed by atoms with E-state index in [-0.39, 0.29) is 0 Å². The summed E-state index contributed by atoms with van der Waals surface area (Å²) in [5.74, 6) is 0. The standard InChI is InChI=1S/C11H19N3/c1-9(4-6-12)14-7-5-10-2-3-11(8-14)13-10/h9-11,13H,2-5,7-8H2,1H3. The van der Waals surface area contributed by atoms with Gasteiger partial charge in [-0.05, 0) is 32.7 Å². The molecule has 2 saturated heterocycles. The zero-order valence-corrected chi connectivity index (χ0v) is 8.87. The zero-order valence-electron chi connectivity index (χ0n) is 8.87.